The highest BCUT2D eigenvalue weighted by molar-refractivity contribution is 5.50. The maximum Gasteiger partial charge on any atom is 0.416 e. The van der Waals surface area contributed by atoms with Crippen LogP contribution in [0.3, 0.4) is 0 Å². The van der Waals surface area contributed by atoms with Crippen molar-refractivity contribution < 1.29 is 18.3 Å². The molecule has 1 atom stereocenters. The molecule has 0 aliphatic carbocycles. The van der Waals surface area contributed by atoms with E-state index in [1.54, 1.807) is 12.2 Å². The molecule has 0 spiro atoms. The molecule has 0 aliphatic heterocycles. The molecule has 0 saturated heterocycles. The van der Waals surface area contributed by atoms with E-state index in [-0.39, 0.29) is 0 Å². The molecule has 1 aromatic carbocycles. The number of alkyl halides is 3. The van der Waals surface area contributed by atoms with Crippen molar-refractivity contribution in [2.24, 2.45) is 0 Å². The minimum Gasteiger partial charge on any atom is -0.389 e. The van der Waals surface area contributed by atoms with Crippen LogP contribution in [0.5, 0.6) is 0 Å². The lowest BCUT2D eigenvalue weighted by Crippen LogP contribution is -2.04. The van der Waals surface area contributed by atoms with Gasteiger partial charge in [-0.3, -0.25) is 0 Å². The van der Waals surface area contributed by atoms with Crippen molar-refractivity contribution in [1.29, 1.82) is 0 Å². The zero-order valence-electron chi connectivity index (χ0n) is 10.2. The van der Waals surface area contributed by atoms with E-state index >= 15 is 0 Å². The Morgan fingerprint density at radius 2 is 1.83 bits per heavy atom. The average molecular weight is 258 g/mol. The van der Waals surface area contributed by atoms with Crippen molar-refractivity contribution in [3.63, 3.8) is 0 Å². The first kappa shape index (κ1) is 14.8. The Morgan fingerprint density at radius 3 is 2.33 bits per heavy atom. The SMILES string of the molecule is CCCC[C@H](O)/C=C/c1ccc(C(F)(F)F)cc1. The average Bonchev–Trinajstić information content (AvgIpc) is 2.33. The number of benzene rings is 1. The van der Waals surface area contributed by atoms with Gasteiger partial charge < -0.3 is 5.11 Å². The summed E-state index contributed by atoms with van der Waals surface area (Å²) in [6, 6.07) is 4.87. The predicted octanol–water partition coefficient (Wildman–Crippen LogP) is 4.27. The molecule has 1 N–H and O–H groups in total. The minimum absolute atomic E-state index is 0.535. The molecule has 18 heavy (non-hydrogen) atoms. The molecule has 0 radical (unpaired) electrons. The van der Waals surface area contributed by atoms with Gasteiger partial charge >= 0.3 is 6.18 Å². The normalized spacial score (nSPS) is 14.1. The maximum atomic E-state index is 12.3. The lowest BCUT2D eigenvalue weighted by Gasteiger charge is -2.06. The number of rotatable bonds is 5. The van der Waals surface area contributed by atoms with Crippen LogP contribution in [-0.4, -0.2) is 11.2 Å². The fraction of sp³-hybridized carbons (Fsp3) is 0.429. The van der Waals surface area contributed by atoms with E-state index in [1.807, 2.05) is 6.92 Å². The molecular weight excluding hydrogens is 241 g/mol. The van der Waals surface area contributed by atoms with E-state index in [0.29, 0.717) is 12.0 Å². The first-order valence-corrected chi connectivity index (χ1v) is 5.97. The third-order valence-corrected chi connectivity index (χ3v) is 2.60. The first-order chi connectivity index (χ1) is 8.43. The summed E-state index contributed by atoms with van der Waals surface area (Å²) in [7, 11) is 0. The third-order valence-electron chi connectivity index (χ3n) is 2.60. The molecule has 1 rings (SSSR count). The van der Waals surface area contributed by atoms with Crippen LogP contribution in [0.1, 0.15) is 37.3 Å². The number of hydrogen-bond donors (Lipinski definition) is 1. The molecule has 0 aliphatic rings. The van der Waals surface area contributed by atoms with E-state index in [4.69, 9.17) is 0 Å². The van der Waals surface area contributed by atoms with Gasteiger partial charge in [0, 0.05) is 0 Å². The summed E-state index contributed by atoms with van der Waals surface area (Å²) in [5, 5.41) is 9.56. The molecule has 0 bridgehead atoms. The van der Waals surface area contributed by atoms with E-state index in [1.165, 1.54) is 12.1 Å². The molecule has 0 amide bonds. The molecule has 4 heteroatoms. The second-order valence-corrected chi connectivity index (χ2v) is 4.19. The highest BCUT2D eigenvalue weighted by atomic mass is 19.4. The molecular formula is C14H17F3O. The molecule has 1 nitrogen and oxygen atoms in total. The van der Waals surface area contributed by atoms with Crippen molar-refractivity contribution in [2.45, 2.75) is 38.5 Å². The van der Waals surface area contributed by atoms with Crippen LogP contribution < -0.4 is 0 Å². The highest BCUT2D eigenvalue weighted by Gasteiger charge is 2.29. The van der Waals surface area contributed by atoms with Gasteiger partial charge in [0.25, 0.3) is 0 Å². The molecule has 0 heterocycles. The Morgan fingerprint density at radius 1 is 1.22 bits per heavy atom. The maximum absolute atomic E-state index is 12.3. The monoisotopic (exact) mass is 258 g/mol. The summed E-state index contributed by atoms with van der Waals surface area (Å²) in [6.07, 6.45) is 1.02. The topological polar surface area (TPSA) is 20.2 Å². The van der Waals surface area contributed by atoms with Gasteiger partial charge in [0.15, 0.2) is 0 Å². The second-order valence-electron chi connectivity index (χ2n) is 4.19. The lowest BCUT2D eigenvalue weighted by atomic mass is 10.1. The lowest BCUT2D eigenvalue weighted by molar-refractivity contribution is -0.137. The number of aliphatic hydroxyl groups excluding tert-OH is 1. The third kappa shape index (κ3) is 4.92. The molecule has 0 saturated carbocycles. The minimum atomic E-state index is -4.30. The molecule has 1 aromatic rings. The van der Waals surface area contributed by atoms with E-state index in [0.717, 1.165) is 25.0 Å². The number of hydrogen-bond acceptors (Lipinski definition) is 1. The van der Waals surface area contributed by atoms with Gasteiger partial charge in [-0.1, -0.05) is 44.1 Å². The Labute approximate surface area is 105 Å². The quantitative estimate of drug-likeness (QED) is 0.836. The smallest absolute Gasteiger partial charge is 0.389 e. The van der Waals surface area contributed by atoms with Crippen molar-refractivity contribution in [1.82, 2.24) is 0 Å². The van der Waals surface area contributed by atoms with Crippen LogP contribution in [0.25, 0.3) is 6.08 Å². The van der Waals surface area contributed by atoms with Crippen LogP contribution in [0.4, 0.5) is 13.2 Å². The van der Waals surface area contributed by atoms with Crippen molar-refractivity contribution in [3.8, 4) is 0 Å². The Kier molecular flexibility index (Phi) is 5.41. The van der Waals surface area contributed by atoms with Crippen LogP contribution in [0, 0.1) is 0 Å². The fourth-order valence-corrected chi connectivity index (χ4v) is 1.51. The summed E-state index contributed by atoms with van der Waals surface area (Å²) in [5.41, 5.74) is -0.00951. The van der Waals surface area contributed by atoms with Gasteiger partial charge in [0.2, 0.25) is 0 Å². The summed E-state index contributed by atoms with van der Waals surface area (Å²) < 4.78 is 36.9. The zero-order chi connectivity index (χ0) is 13.6. The van der Waals surface area contributed by atoms with Crippen molar-refractivity contribution in [3.05, 3.63) is 41.5 Å². The Balaban J connectivity index is 2.61. The number of unbranched alkanes of at least 4 members (excludes halogenated alkanes) is 1. The summed E-state index contributed by atoms with van der Waals surface area (Å²) >= 11 is 0. The van der Waals surface area contributed by atoms with Crippen LogP contribution in [0.15, 0.2) is 30.3 Å². The van der Waals surface area contributed by atoms with E-state index < -0.39 is 17.8 Å². The highest BCUT2D eigenvalue weighted by Crippen LogP contribution is 2.29. The van der Waals surface area contributed by atoms with Gasteiger partial charge in [-0.15, -0.1) is 0 Å². The van der Waals surface area contributed by atoms with E-state index in [2.05, 4.69) is 0 Å². The van der Waals surface area contributed by atoms with Crippen LogP contribution >= 0.6 is 0 Å². The second kappa shape index (κ2) is 6.59. The van der Waals surface area contributed by atoms with Crippen LogP contribution in [-0.2, 0) is 6.18 Å². The first-order valence-electron chi connectivity index (χ1n) is 5.97. The Hall–Kier alpha value is -1.29. The van der Waals surface area contributed by atoms with Gasteiger partial charge in [-0.05, 0) is 24.1 Å². The standard InChI is InChI=1S/C14H17F3O/c1-2-3-4-13(18)10-7-11-5-8-12(9-6-11)14(15,16)17/h5-10,13,18H,2-4H2,1H3/b10-7+/t13-/m0/s1. The molecule has 100 valence electrons. The van der Waals surface area contributed by atoms with Gasteiger partial charge in [-0.25, -0.2) is 0 Å². The molecule has 0 aromatic heterocycles. The summed E-state index contributed by atoms with van der Waals surface area (Å²) in [6.45, 7) is 2.03. The van der Waals surface area contributed by atoms with E-state index in [9.17, 15) is 18.3 Å². The van der Waals surface area contributed by atoms with Gasteiger partial charge in [0.1, 0.15) is 0 Å². The molecule has 0 fully saturated rings. The largest absolute Gasteiger partial charge is 0.416 e. The van der Waals surface area contributed by atoms with Crippen molar-refractivity contribution in [2.75, 3.05) is 0 Å². The number of halogens is 3. The van der Waals surface area contributed by atoms with Gasteiger partial charge in [0.05, 0.1) is 11.7 Å². The van der Waals surface area contributed by atoms with Crippen molar-refractivity contribution >= 4 is 6.08 Å². The predicted molar refractivity (Wildman–Crippen MR) is 66.0 cm³/mol. The van der Waals surface area contributed by atoms with Crippen LogP contribution in [0.2, 0.25) is 0 Å². The summed E-state index contributed by atoms with van der Waals surface area (Å²) in [5.74, 6) is 0. The molecule has 0 unspecified atom stereocenters. The fourth-order valence-electron chi connectivity index (χ4n) is 1.51. The zero-order valence-corrected chi connectivity index (χ0v) is 10.2. The summed E-state index contributed by atoms with van der Waals surface area (Å²) in [4.78, 5) is 0. The van der Waals surface area contributed by atoms with Gasteiger partial charge in [-0.2, -0.15) is 13.2 Å². The number of aliphatic hydroxyl groups is 1. The Bertz CT molecular complexity index is 379.